The van der Waals surface area contributed by atoms with Crippen LogP contribution in [-0.2, 0) is 0 Å². The van der Waals surface area contributed by atoms with E-state index in [2.05, 4.69) is 10.2 Å². The SMILES string of the molecule is Nn1c(SCC2CC2(Cl)Cl)nnc1-c1cccs1. The molecule has 0 bridgehead atoms. The number of hydrogen-bond donors (Lipinski definition) is 1. The van der Waals surface area contributed by atoms with Gasteiger partial charge in [0.2, 0.25) is 5.16 Å². The lowest BCUT2D eigenvalue weighted by atomic mass is 10.4. The van der Waals surface area contributed by atoms with E-state index in [9.17, 15) is 0 Å². The average Bonchev–Trinajstić information content (AvgIpc) is 2.78. The first kappa shape index (κ1) is 12.6. The molecule has 0 amide bonds. The van der Waals surface area contributed by atoms with Crippen LogP contribution in [0.1, 0.15) is 6.42 Å². The number of hydrogen-bond acceptors (Lipinski definition) is 5. The minimum atomic E-state index is -0.553. The summed E-state index contributed by atoms with van der Waals surface area (Å²) in [5.74, 6) is 7.79. The molecule has 0 spiro atoms. The maximum Gasteiger partial charge on any atom is 0.210 e. The predicted octanol–water partition coefficient (Wildman–Crippen LogP) is 3.01. The van der Waals surface area contributed by atoms with Gasteiger partial charge in [0.1, 0.15) is 4.33 Å². The quantitative estimate of drug-likeness (QED) is 0.534. The fraction of sp³-hybridized carbons (Fsp3) is 0.400. The molecule has 0 radical (unpaired) electrons. The van der Waals surface area contributed by atoms with Gasteiger partial charge >= 0.3 is 0 Å². The van der Waals surface area contributed by atoms with Gasteiger partial charge < -0.3 is 5.84 Å². The molecule has 1 unspecified atom stereocenters. The number of aromatic nitrogens is 3. The van der Waals surface area contributed by atoms with E-state index in [1.54, 1.807) is 11.3 Å². The summed E-state index contributed by atoms with van der Waals surface area (Å²) in [6.45, 7) is 0. The van der Waals surface area contributed by atoms with E-state index in [0.29, 0.717) is 16.9 Å². The van der Waals surface area contributed by atoms with Gasteiger partial charge in [-0.15, -0.1) is 44.7 Å². The van der Waals surface area contributed by atoms with Gasteiger partial charge in [0, 0.05) is 11.7 Å². The van der Waals surface area contributed by atoms with Crippen molar-refractivity contribution < 1.29 is 0 Å². The molecule has 1 saturated carbocycles. The van der Waals surface area contributed by atoms with E-state index in [0.717, 1.165) is 17.1 Å². The van der Waals surface area contributed by atoms with Gasteiger partial charge in [-0.3, -0.25) is 0 Å². The number of nitrogens with two attached hydrogens (primary N) is 1. The van der Waals surface area contributed by atoms with Crippen molar-refractivity contribution in [2.45, 2.75) is 15.9 Å². The van der Waals surface area contributed by atoms with Crippen LogP contribution in [-0.4, -0.2) is 25.0 Å². The summed E-state index contributed by atoms with van der Waals surface area (Å²) in [5.41, 5.74) is 0. The molecule has 96 valence electrons. The molecule has 2 aromatic rings. The van der Waals surface area contributed by atoms with Crippen molar-refractivity contribution in [2.24, 2.45) is 5.92 Å². The Morgan fingerprint density at radius 3 is 2.94 bits per heavy atom. The van der Waals surface area contributed by atoms with Crippen molar-refractivity contribution in [3.8, 4) is 10.7 Å². The fourth-order valence-corrected chi connectivity index (χ4v) is 4.07. The molecule has 1 fully saturated rings. The number of rotatable bonds is 4. The monoisotopic (exact) mass is 320 g/mol. The van der Waals surface area contributed by atoms with Gasteiger partial charge in [-0.1, -0.05) is 17.8 Å². The van der Waals surface area contributed by atoms with E-state index in [1.807, 2.05) is 17.5 Å². The highest BCUT2D eigenvalue weighted by Gasteiger charge is 2.51. The second kappa shape index (κ2) is 4.59. The van der Waals surface area contributed by atoms with Gasteiger partial charge in [0.05, 0.1) is 4.88 Å². The van der Waals surface area contributed by atoms with Gasteiger partial charge in [-0.05, 0) is 17.9 Å². The zero-order valence-corrected chi connectivity index (χ0v) is 12.4. The van der Waals surface area contributed by atoms with Crippen LogP contribution in [0.25, 0.3) is 10.7 Å². The molecule has 0 aromatic carbocycles. The van der Waals surface area contributed by atoms with Crippen molar-refractivity contribution in [1.82, 2.24) is 14.9 Å². The van der Waals surface area contributed by atoms with Gasteiger partial charge in [0.25, 0.3) is 0 Å². The first-order chi connectivity index (χ1) is 8.58. The number of nitrogens with zero attached hydrogens (tertiary/aromatic N) is 3. The molecular formula is C10H10Cl2N4S2. The third-order valence-electron chi connectivity index (χ3n) is 2.78. The Labute approximate surface area is 122 Å². The van der Waals surface area contributed by atoms with E-state index in [-0.39, 0.29) is 0 Å². The average molecular weight is 321 g/mol. The largest absolute Gasteiger partial charge is 0.335 e. The molecule has 2 aromatic heterocycles. The molecule has 1 aliphatic rings. The lowest BCUT2D eigenvalue weighted by Crippen LogP contribution is -2.11. The summed E-state index contributed by atoms with van der Waals surface area (Å²) in [6, 6.07) is 3.93. The topological polar surface area (TPSA) is 56.7 Å². The second-order valence-electron chi connectivity index (χ2n) is 4.13. The van der Waals surface area contributed by atoms with Gasteiger partial charge in [-0.2, -0.15) is 0 Å². The van der Waals surface area contributed by atoms with Crippen LogP contribution < -0.4 is 5.84 Å². The number of alkyl halides is 2. The van der Waals surface area contributed by atoms with E-state index in [4.69, 9.17) is 29.0 Å². The van der Waals surface area contributed by atoms with Crippen molar-refractivity contribution >= 4 is 46.3 Å². The molecule has 4 nitrogen and oxygen atoms in total. The Bertz CT molecular complexity index is 552. The Morgan fingerprint density at radius 2 is 2.33 bits per heavy atom. The van der Waals surface area contributed by atoms with Crippen molar-refractivity contribution in [2.75, 3.05) is 11.6 Å². The number of thioether (sulfide) groups is 1. The molecule has 8 heteroatoms. The third kappa shape index (κ3) is 2.34. The van der Waals surface area contributed by atoms with Crippen LogP contribution in [0.3, 0.4) is 0 Å². The van der Waals surface area contributed by atoms with Crippen LogP contribution in [0, 0.1) is 5.92 Å². The summed E-state index contributed by atoms with van der Waals surface area (Å²) in [7, 11) is 0. The highest BCUT2D eigenvalue weighted by molar-refractivity contribution is 7.99. The first-order valence-electron chi connectivity index (χ1n) is 5.33. The van der Waals surface area contributed by atoms with Crippen LogP contribution in [0.5, 0.6) is 0 Å². The number of nitrogen functional groups attached to an aromatic ring is 1. The minimum Gasteiger partial charge on any atom is -0.335 e. The highest BCUT2D eigenvalue weighted by Crippen LogP contribution is 2.54. The lowest BCUT2D eigenvalue weighted by molar-refractivity contribution is 0.845. The molecule has 2 N–H and O–H groups in total. The summed E-state index contributed by atoms with van der Waals surface area (Å²) in [4.78, 5) is 1.01. The van der Waals surface area contributed by atoms with E-state index < -0.39 is 4.33 Å². The van der Waals surface area contributed by atoms with Gasteiger partial charge in [0.15, 0.2) is 5.82 Å². The Hall–Kier alpha value is -0.430. The van der Waals surface area contributed by atoms with Crippen LogP contribution in [0.4, 0.5) is 0 Å². The maximum absolute atomic E-state index is 5.98. The molecule has 1 atom stereocenters. The minimum absolute atomic E-state index is 0.313. The van der Waals surface area contributed by atoms with E-state index >= 15 is 0 Å². The third-order valence-corrected chi connectivity index (χ3v) is 5.67. The summed E-state index contributed by atoms with van der Waals surface area (Å²) < 4.78 is 0.964. The first-order valence-corrected chi connectivity index (χ1v) is 7.95. The Kier molecular flexibility index (Phi) is 3.21. The van der Waals surface area contributed by atoms with Crippen molar-refractivity contribution in [1.29, 1.82) is 0 Å². The standard InChI is InChI=1S/C10H10Cl2N4S2/c11-10(12)4-6(10)5-18-9-15-14-8(16(9)13)7-2-1-3-17-7/h1-3,6H,4-5,13H2. The van der Waals surface area contributed by atoms with E-state index in [1.165, 1.54) is 16.4 Å². The summed E-state index contributed by atoms with van der Waals surface area (Å²) in [6.07, 6.45) is 0.833. The van der Waals surface area contributed by atoms with Crippen LogP contribution >= 0.6 is 46.3 Å². The maximum atomic E-state index is 5.98. The summed E-state index contributed by atoms with van der Waals surface area (Å²) >= 11 is 15.1. The molecular weight excluding hydrogens is 311 g/mol. The predicted molar refractivity (Wildman–Crippen MR) is 76.8 cm³/mol. The van der Waals surface area contributed by atoms with Crippen molar-refractivity contribution in [3.63, 3.8) is 0 Å². The zero-order valence-electron chi connectivity index (χ0n) is 9.22. The lowest BCUT2D eigenvalue weighted by Gasteiger charge is -2.02. The second-order valence-corrected chi connectivity index (χ2v) is 7.60. The Morgan fingerprint density at radius 1 is 1.56 bits per heavy atom. The van der Waals surface area contributed by atoms with Crippen LogP contribution in [0.15, 0.2) is 22.7 Å². The Balaban J connectivity index is 1.71. The molecule has 0 saturated heterocycles. The molecule has 2 heterocycles. The zero-order chi connectivity index (χ0) is 12.8. The van der Waals surface area contributed by atoms with Crippen LogP contribution in [0.2, 0.25) is 0 Å². The molecule has 18 heavy (non-hydrogen) atoms. The van der Waals surface area contributed by atoms with Crippen molar-refractivity contribution in [3.05, 3.63) is 17.5 Å². The van der Waals surface area contributed by atoms with Gasteiger partial charge in [-0.25, -0.2) is 4.68 Å². The highest BCUT2D eigenvalue weighted by atomic mass is 35.5. The molecule has 0 aliphatic heterocycles. The molecule has 3 rings (SSSR count). The number of thiophene rings is 1. The fourth-order valence-electron chi connectivity index (χ4n) is 1.57. The normalized spacial score (nSPS) is 21.1. The molecule has 1 aliphatic carbocycles. The smallest absolute Gasteiger partial charge is 0.210 e. The number of halogens is 2. The summed E-state index contributed by atoms with van der Waals surface area (Å²) in [5, 5.41) is 10.9.